The van der Waals surface area contributed by atoms with Crippen molar-refractivity contribution >= 4 is 22.7 Å². The summed E-state index contributed by atoms with van der Waals surface area (Å²) in [5.41, 5.74) is 3.14. The molecule has 2 aromatic carbocycles. The minimum absolute atomic E-state index is 0.0385. The molecule has 0 saturated carbocycles. The Bertz CT molecular complexity index is 1560. The summed E-state index contributed by atoms with van der Waals surface area (Å²) in [6.07, 6.45) is 2.54. The van der Waals surface area contributed by atoms with Crippen LogP contribution in [0.4, 0.5) is 5.82 Å². The third-order valence-electron chi connectivity index (χ3n) is 6.92. The second-order valence-electron chi connectivity index (χ2n) is 10.0. The van der Waals surface area contributed by atoms with Gasteiger partial charge in [0.1, 0.15) is 11.4 Å². The maximum atomic E-state index is 14.0. The number of aromatic nitrogens is 1. The molecule has 1 unspecified atom stereocenters. The van der Waals surface area contributed by atoms with Gasteiger partial charge in [-0.3, -0.25) is 14.5 Å². The van der Waals surface area contributed by atoms with Crippen LogP contribution in [0.1, 0.15) is 66.0 Å². The minimum atomic E-state index is -0.737. The summed E-state index contributed by atoms with van der Waals surface area (Å²) < 4.78 is 18.1. The van der Waals surface area contributed by atoms with Crippen molar-refractivity contribution in [2.24, 2.45) is 5.92 Å². The number of anilines is 1. The van der Waals surface area contributed by atoms with Gasteiger partial charge in [0.15, 0.2) is 16.9 Å². The number of ether oxygens (including phenoxy) is 2. The molecule has 196 valence electrons. The zero-order valence-corrected chi connectivity index (χ0v) is 22.4. The van der Waals surface area contributed by atoms with Gasteiger partial charge in [-0.05, 0) is 86.2 Å². The van der Waals surface area contributed by atoms with E-state index < -0.39 is 11.9 Å². The fraction of sp³-hybridized carbons (Fsp3) is 0.323. The van der Waals surface area contributed by atoms with E-state index in [2.05, 4.69) is 18.8 Å². The normalized spacial score (nSPS) is 14.8. The van der Waals surface area contributed by atoms with E-state index in [0.717, 1.165) is 17.5 Å². The number of nitrogens with zero attached hydrogens (tertiary/aromatic N) is 2. The van der Waals surface area contributed by atoms with Crippen LogP contribution in [0.25, 0.3) is 11.0 Å². The number of fused-ring (bicyclic) bond motifs is 2. The van der Waals surface area contributed by atoms with E-state index in [1.54, 1.807) is 18.3 Å². The van der Waals surface area contributed by atoms with Crippen LogP contribution in [-0.2, 0) is 0 Å². The van der Waals surface area contributed by atoms with Crippen molar-refractivity contribution < 1.29 is 18.7 Å². The summed E-state index contributed by atoms with van der Waals surface area (Å²) in [7, 11) is 0. The van der Waals surface area contributed by atoms with Crippen molar-refractivity contribution in [3.63, 3.8) is 0 Å². The summed E-state index contributed by atoms with van der Waals surface area (Å²) in [6.45, 7) is 11.1. The predicted octanol–water partition coefficient (Wildman–Crippen LogP) is 6.38. The first kappa shape index (κ1) is 25.5. The van der Waals surface area contributed by atoms with E-state index in [-0.39, 0.29) is 11.2 Å². The van der Waals surface area contributed by atoms with Gasteiger partial charge in [0.25, 0.3) is 5.91 Å². The lowest BCUT2D eigenvalue weighted by molar-refractivity contribution is 0.0970. The molecule has 1 atom stereocenters. The summed E-state index contributed by atoms with van der Waals surface area (Å²) in [5.74, 6) is 1.76. The second kappa shape index (κ2) is 10.3. The molecule has 0 saturated heterocycles. The zero-order chi connectivity index (χ0) is 27.0. The second-order valence-corrected chi connectivity index (χ2v) is 10.0. The lowest BCUT2D eigenvalue weighted by Gasteiger charge is -2.25. The molecule has 0 spiro atoms. The molecule has 1 aliphatic heterocycles. The highest BCUT2D eigenvalue weighted by Gasteiger charge is 2.44. The average molecular weight is 513 g/mol. The van der Waals surface area contributed by atoms with Gasteiger partial charge in [-0.1, -0.05) is 26.0 Å². The Kier molecular flexibility index (Phi) is 6.93. The Morgan fingerprint density at radius 2 is 1.79 bits per heavy atom. The number of hydrogen-bond donors (Lipinski definition) is 0. The Morgan fingerprint density at radius 1 is 1.00 bits per heavy atom. The first-order valence-electron chi connectivity index (χ1n) is 13.0. The smallest absolute Gasteiger partial charge is 0.296 e. The summed E-state index contributed by atoms with van der Waals surface area (Å²) >= 11 is 0. The number of rotatable bonds is 8. The molecule has 7 heteroatoms. The molecule has 3 heterocycles. The number of carbonyl (C=O) groups excluding carboxylic acids is 1. The largest absolute Gasteiger partial charge is 0.490 e. The third kappa shape index (κ3) is 4.53. The Labute approximate surface area is 222 Å². The van der Waals surface area contributed by atoms with Crippen LogP contribution >= 0.6 is 0 Å². The molecule has 7 nitrogen and oxygen atoms in total. The van der Waals surface area contributed by atoms with E-state index in [1.807, 2.05) is 57.2 Å². The fourth-order valence-corrected chi connectivity index (χ4v) is 4.76. The van der Waals surface area contributed by atoms with Crippen LogP contribution in [0.5, 0.6) is 11.5 Å². The lowest BCUT2D eigenvalue weighted by Crippen LogP contribution is -2.30. The molecule has 4 aromatic rings. The molecule has 0 bridgehead atoms. The predicted molar refractivity (Wildman–Crippen MR) is 147 cm³/mol. The molecular weight excluding hydrogens is 480 g/mol. The van der Waals surface area contributed by atoms with Crippen molar-refractivity contribution in [2.75, 3.05) is 18.1 Å². The van der Waals surface area contributed by atoms with E-state index in [4.69, 9.17) is 13.9 Å². The van der Waals surface area contributed by atoms with Gasteiger partial charge in [0.05, 0.1) is 30.2 Å². The highest BCUT2D eigenvalue weighted by molar-refractivity contribution is 6.10. The molecule has 0 aliphatic carbocycles. The lowest BCUT2D eigenvalue weighted by atomic mass is 9.97. The molecule has 2 aromatic heterocycles. The van der Waals surface area contributed by atoms with Gasteiger partial charge in [-0.25, -0.2) is 4.98 Å². The molecule has 1 amide bonds. The fourth-order valence-electron chi connectivity index (χ4n) is 4.76. The Balaban J connectivity index is 1.70. The molecular formula is C31H32N2O5. The summed E-state index contributed by atoms with van der Waals surface area (Å²) in [5, 5.41) is 0.450. The van der Waals surface area contributed by atoms with Crippen molar-refractivity contribution in [1.82, 2.24) is 4.98 Å². The van der Waals surface area contributed by atoms with Crippen LogP contribution in [0.3, 0.4) is 0 Å². The standard InChI is InChI=1S/C31H32N2O5/c1-6-36-25-17-21(10-11-23(25)37-14-12-18(2)3)28-27-29(34)22-15-19(4)20(5)16-24(22)38-30(27)31(35)33(28)26-9-7-8-13-32-26/h7-11,13,15-18,28H,6,12,14H2,1-5H3. The average Bonchev–Trinajstić information content (AvgIpc) is 3.19. The SMILES string of the molecule is CCOc1cc(C2c3c(oc4cc(C)c(C)cc4c3=O)C(=O)N2c2ccccn2)ccc1OCCC(C)C. The Hall–Kier alpha value is -4.13. The van der Waals surface area contributed by atoms with Gasteiger partial charge in [-0.2, -0.15) is 0 Å². The number of benzene rings is 2. The van der Waals surface area contributed by atoms with E-state index in [0.29, 0.717) is 58.5 Å². The maximum absolute atomic E-state index is 14.0. The van der Waals surface area contributed by atoms with Crippen molar-refractivity contribution in [2.45, 2.75) is 47.1 Å². The van der Waals surface area contributed by atoms with Gasteiger partial charge < -0.3 is 13.9 Å². The maximum Gasteiger partial charge on any atom is 0.296 e. The number of amides is 1. The third-order valence-corrected chi connectivity index (χ3v) is 6.92. The van der Waals surface area contributed by atoms with Gasteiger partial charge in [-0.15, -0.1) is 0 Å². The molecule has 1 aliphatic rings. The molecule has 5 rings (SSSR count). The number of aryl methyl sites for hydroxylation is 2. The molecule has 0 N–H and O–H groups in total. The first-order chi connectivity index (χ1) is 18.3. The van der Waals surface area contributed by atoms with E-state index in [9.17, 15) is 9.59 Å². The molecule has 0 radical (unpaired) electrons. The number of hydrogen-bond acceptors (Lipinski definition) is 6. The molecule has 0 fully saturated rings. The summed E-state index contributed by atoms with van der Waals surface area (Å²) in [6, 6.07) is 13.8. The van der Waals surface area contributed by atoms with E-state index >= 15 is 0 Å². The van der Waals surface area contributed by atoms with Crippen LogP contribution in [0.15, 0.2) is 63.9 Å². The van der Waals surface area contributed by atoms with Gasteiger partial charge in [0, 0.05) is 6.20 Å². The highest BCUT2D eigenvalue weighted by atomic mass is 16.5. The number of carbonyl (C=O) groups is 1. The molecule has 38 heavy (non-hydrogen) atoms. The zero-order valence-electron chi connectivity index (χ0n) is 22.4. The van der Waals surface area contributed by atoms with Crippen LogP contribution in [-0.4, -0.2) is 24.1 Å². The van der Waals surface area contributed by atoms with Crippen LogP contribution in [0.2, 0.25) is 0 Å². The summed E-state index contributed by atoms with van der Waals surface area (Å²) in [4.78, 5) is 33.7. The van der Waals surface area contributed by atoms with Gasteiger partial charge in [0.2, 0.25) is 5.76 Å². The van der Waals surface area contributed by atoms with E-state index in [1.165, 1.54) is 4.90 Å². The van der Waals surface area contributed by atoms with Crippen molar-refractivity contribution in [3.8, 4) is 11.5 Å². The highest BCUT2D eigenvalue weighted by Crippen LogP contribution is 2.43. The topological polar surface area (TPSA) is 81.9 Å². The first-order valence-corrected chi connectivity index (χ1v) is 13.0. The van der Waals surface area contributed by atoms with Crippen LogP contribution in [0, 0.1) is 19.8 Å². The van der Waals surface area contributed by atoms with Crippen molar-refractivity contribution in [3.05, 3.63) is 93.0 Å². The quantitative estimate of drug-likeness (QED) is 0.273. The number of pyridine rings is 1. The Morgan fingerprint density at radius 3 is 2.50 bits per heavy atom. The minimum Gasteiger partial charge on any atom is -0.490 e. The van der Waals surface area contributed by atoms with Crippen molar-refractivity contribution in [1.29, 1.82) is 0 Å². The van der Waals surface area contributed by atoms with Gasteiger partial charge >= 0.3 is 0 Å². The van der Waals surface area contributed by atoms with Crippen LogP contribution < -0.4 is 19.8 Å². The monoisotopic (exact) mass is 512 g/mol.